The summed E-state index contributed by atoms with van der Waals surface area (Å²) in [7, 11) is 0. The van der Waals surface area contributed by atoms with Crippen LogP contribution in [0.4, 0.5) is 0 Å². The molecular formula is C5H12N2O3. The lowest BCUT2D eigenvalue weighted by molar-refractivity contribution is -0.138. The molecule has 0 aliphatic heterocycles. The van der Waals surface area contributed by atoms with Gasteiger partial charge in [-0.2, -0.15) is 0 Å². The monoisotopic (exact) mass is 148 g/mol. The van der Waals surface area contributed by atoms with Crippen LogP contribution >= 0.6 is 0 Å². The first kappa shape index (κ1) is 9.35. The first-order chi connectivity index (χ1) is 4.72. The number of amides is 1. The van der Waals surface area contributed by atoms with Gasteiger partial charge in [0.05, 0.1) is 0 Å². The zero-order valence-electron chi connectivity index (χ0n) is 5.58. The molecule has 0 aromatic rings. The highest BCUT2D eigenvalue weighted by molar-refractivity contribution is 5.79. The van der Waals surface area contributed by atoms with Gasteiger partial charge < -0.3 is 10.8 Å². The van der Waals surface area contributed by atoms with Gasteiger partial charge in [-0.1, -0.05) is 0 Å². The number of aliphatic hydroxyl groups is 1. The van der Waals surface area contributed by atoms with Gasteiger partial charge in [-0.05, 0) is 19.4 Å². The minimum Gasteiger partial charge on any atom is -0.383 e. The first-order valence-electron chi connectivity index (χ1n) is 3.04. The van der Waals surface area contributed by atoms with Crippen LogP contribution in [0.1, 0.15) is 12.8 Å². The molecule has 5 heteroatoms. The van der Waals surface area contributed by atoms with E-state index in [1.54, 1.807) is 0 Å². The largest absolute Gasteiger partial charge is 0.383 e. The van der Waals surface area contributed by atoms with Crippen LogP contribution < -0.4 is 11.2 Å². The second kappa shape index (κ2) is 5.16. The number of carbonyl (C=O) groups is 1. The van der Waals surface area contributed by atoms with E-state index in [-0.39, 0.29) is 6.42 Å². The van der Waals surface area contributed by atoms with E-state index in [0.29, 0.717) is 13.0 Å². The summed E-state index contributed by atoms with van der Waals surface area (Å²) >= 11 is 0. The van der Waals surface area contributed by atoms with Crippen LogP contribution in [0, 0.1) is 0 Å². The van der Waals surface area contributed by atoms with Crippen LogP contribution in [0.5, 0.6) is 0 Å². The highest BCUT2D eigenvalue weighted by Crippen LogP contribution is 1.94. The Morgan fingerprint density at radius 2 is 2.30 bits per heavy atom. The molecular weight excluding hydrogens is 136 g/mol. The number of hydroxylamine groups is 1. The fourth-order valence-electron chi connectivity index (χ4n) is 0.517. The van der Waals surface area contributed by atoms with E-state index in [0.717, 1.165) is 0 Å². The predicted molar refractivity (Wildman–Crippen MR) is 34.2 cm³/mol. The molecule has 0 spiro atoms. The Kier molecular flexibility index (Phi) is 4.82. The minimum atomic E-state index is -1.14. The lowest BCUT2D eigenvalue weighted by Crippen LogP contribution is -2.32. The van der Waals surface area contributed by atoms with E-state index in [1.165, 1.54) is 5.48 Å². The summed E-state index contributed by atoms with van der Waals surface area (Å²) in [4.78, 5) is 10.4. The predicted octanol–water partition coefficient (Wildman–Crippen LogP) is -1.41. The van der Waals surface area contributed by atoms with Gasteiger partial charge in [0.1, 0.15) is 6.10 Å². The summed E-state index contributed by atoms with van der Waals surface area (Å²) in [6, 6.07) is 0. The highest BCUT2D eigenvalue weighted by atomic mass is 16.5. The van der Waals surface area contributed by atoms with Gasteiger partial charge in [0, 0.05) is 0 Å². The molecule has 5 N–H and O–H groups in total. The summed E-state index contributed by atoms with van der Waals surface area (Å²) in [6.07, 6.45) is -0.300. The zero-order valence-corrected chi connectivity index (χ0v) is 5.58. The second-order valence-electron chi connectivity index (χ2n) is 1.92. The second-order valence-corrected chi connectivity index (χ2v) is 1.92. The summed E-state index contributed by atoms with van der Waals surface area (Å²) in [5.74, 6) is -0.784. The topological polar surface area (TPSA) is 95.6 Å². The minimum absolute atomic E-state index is 0.281. The summed E-state index contributed by atoms with van der Waals surface area (Å²) in [6.45, 7) is 0.426. The molecule has 0 aliphatic rings. The van der Waals surface area contributed by atoms with Crippen LogP contribution in [0.15, 0.2) is 0 Å². The maximum absolute atomic E-state index is 10.4. The van der Waals surface area contributed by atoms with Crippen molar-refractivity contribution in [1.29, 1.82) is 0 Å². The molecule has 0 rings (SSSR count). The van der Waals surface area contributed by atoms with E-state index in [4.69, 9.17) is 16.0 Å². The maximum Gasteiger partial charge on any atom is 0.272 e. The van der Waals surface area contributed by atoms with Gasteiger partial charge in [0.15, 0.2) is 0 Å². The molecule has 60 valence electrons. The Morgan fingerprint density at radius 1 is 1.70 bits per heavy atom. The number of hydrogen-bond donors (Lipinski definition) is 4. The lowest BCUT2D eigenvalue weighted by atomic mass is 10.2. The lowest BCUT2D eigenvalue weighted by Gasteiger charge is -2.05. The Bertz CT molecular complexity index is 107. The molecule has 0 aromatic carbocycles. The fraction of sp³-hybridized carbons (Fsp3) is 0.800. The average Bonchev–Trinajstić information content (AvgIpc) is 1.98. The van der Waals surface area contributed by atoms with Gasteiger partial charge in [-0.15, -0.1) is 0 Å². The van der Waals surface area contributed by atoms with E-state index in [1.807, 2.05) is 0 Å². The summed E-state index contributed by atoms with van der Waals surface area (Å²) < 4.78 is 0. The van der Waals surface area contributed by atoms with Gasteiger partial charge in [0.2, 0.25) is 0 Å². The molecule has 10 heavy (non-hydrogen) atoms. The molecule has 0 aliphatic carbocycles. The highest BCUT2D eigenvalue weighted by Gasteiger charge is 2.11. The molecule has 0 saturated heterocycles. The average molecular weight is 148 g/mol. The van der Waals surface area contributed by atoms with E-state index in [9.17, 15) is 4.79 Å². The van der Waals surface area contributed by atoms with Crippen molar-refractivity contribution < 1.29 is 15.1 Å². The summed E-state index contributed by atoms with van der Waals surface area (Å²) in [5, 5.41) is 16.8. The van der Waals surface area contributed by atoms with Crippen molar-refractivity contribution in [2.75, 3.05) is 6.54 Å². The quantitative estimate of drug-likeness (QED) is 0.291. The third-order valence-corrected chi connectivity index (χ3v) is 1.09. The Balaban J connectivity index is 3.41. The molecule has 5 nitrogen and oxygen atoms in total. The Hall–Kier alpha value is -0.650. The molecule has 0 heterocycles. The van der Waals surface area contributed by atoms with Crippen molar-refractivity contribution >= 4 is 5.91 Å². The molecule has 1 amide bonds. The number of carbonyl (C=O) groups excluding carboxylic acids is 1. The number of aliphatic hydroxyl groups excluding tert-OH is 1. The van der Waals surface area contributed by atoms with Crippen molar-refractivity contribution in [3.63, 3.8) is 0 Å². The number of rotatable bonds is 4. The standard InChI is InChI=1S/C5H12N2O3/c6-3-1-2-4(8)5(9)7-10/h4,8,10H,1-3,6H2,(H,7,9)/t4-/m0/s1. The third-order valence-electron chi connectivity index (χ3n) is 1.09. The van der Waals surface area contributed by atoms with Gasteiger partial charge in [0.25, 0.3) is 5.91 Å². The molecule has 0 unspecified atom stereocenters. The van der Waals surface area contributed by atoms with Crippen LogP contribution in [0.2, 0.25) is 0 Å². The van der Waals surface area contributed by atoms with E-state index >= 15 is 0 Å². The number of nitrogens with two attached hydrogens (primary N) is 1. The molecule has 1 atom stereocenters. The normalized spacial score (nSPS) is 12.7. The Labute approximate surface area is 58.8 Å². The third kappa shape index (κ3) is 3.39. The fourth-order valence-corrected chi connectivity index (χ4v) is 0.517. The van der Waals surface area contributed by atoms with Gasteiger partial charge in [-0.3, -0.25) is 10.0 Å². The molecule has 0 radical (unpaired) electrons. The number of hydrogen-bond acceptors (Lipinski definition) is 4. The van der Waals surface area contributed by atoms with E-state index < -0.39 is 12.0 Å². The molecule has 0 fully saturated rings. The molecule has 0 bridgehead atoms. The molecule has 0 aromatic heterocycles. The van der Waals surface area contributed by atoms with Crippen LogP contribution in [-0.4, -0.2) is 28.9 Å². The van der Waals surface area contributed by atoms with Gasteiger partial charge >= 0.3 is 0 Å². The number of nitrogens with one attached hydrogen (secondary N) is 1. The molecule has 0 saturated carbocycles. The van der Waals surface area contributed by atoms with Crippen molar-refractivity contribution in [1.82, 2.24) is 5.48 Å². The van der Waals surface area contributed by atoms with Crippen LogP contribution in [0.25, 0.3) is 0 Å². The van der Waals surface area contributed by atoms with Crippen molar-refractivity contribution in [2.24, 2.45) is 5.73 Å². The van der Waals surface area contributed by atoms with E-state index in [2.05, 4.69) is 0 Å². The first-order valence-corrected chi connectivity index (χ1v) is 3.04. The Morgan fingerprint density at radius 3 is 2.70 bits per heavy atom. The van der Waals surface area contributed by atoms with Crippen molar-refractivity contribution in [3.8, 4) is 0 Å². The van der Waals surface area contributed by atoms with Crippen LogP contribution in [-0.2, 0) is 4.79 Å². The van der Waals surface area contributed by atoms with Gasteiger partial charge in [-0.25, -0.2) is 5.48 Å². The maximum atomic E-state index is 10.4. The van der Waals surface area contributed by atoms with Crippen molar-refractivity contribution in [3.05, 3.63) is 0 Å². The van der Waals surface area contributed by atoms with Crippen LogP contribution in [0.3, 0.4) is 0 Å². The van der Waals surface area contributed by atoms with Crippen molar-refractivity contribution in [2.45, 2.75) is 18.9 Å². The smallest absolute Gasteiger partial charge is 0.272 e. The zero-order chi connectivity index (χ0) is 7.98. The summed E-state index contributed by atoms with van der Waals surface area (Å²) in [5.41, 5.74) is 6.46. The SMILES string of the molecule is NCCC[C@H](O)C(=O)NO.